The minimum Gasteiger partial charge on any atom is -0.352 e. The Morgan fingerprint density at radius 3 is 1.91 bits per heavy atom. The zero-order valence-electron chi connectivity index (χ0n) is 20.1. The Bertz CT molecular complexity index is 961. The third kappa shape index (κ3) is 6.44. The smallest absolute Gasteiger partial charge is 0.253 e. The molecule has 3 rings (SSSR count). The number of benzene rings is 2. The molecular formula is C27H35N3O3. The Morgan fingerprint density at radius 1 is 0.879 bits per heavy atom. The van der Waals surface area contributed by atoms with E-state index in [9.17, 15) is 14.4 Å². The number of amides is 3. The number of nitrogens with zero attached hydrogens (tertiary/aromatic N) is 1. The van der Waals surface area contributed by atoms with Crippen molar-refractivity contribution in [3.8, 4) is 0 Å². The van der Waals surface area contributed by atoms with Gasteiger partial charge in [-0.3, -0.25) is 14.4 Å². The molecule has 2 aromatic carbocycles. The van der Waals surface area contributed by atoms with Crippen LogP contribution in [0.25, 0.3) is 0 Å². The standard InChI is InChI=1S/C27H35N3O3/c1-5-20(4)28-26(32)24(29-25(31)22-10-6-18(2)7-11-22)21-14-16-30(17-15-21)27(33)23-12-8-19(3)9-13-23/h6-13,20-21,24H,5,14-17H2,1-4H3,(H,28,32)(H,29,31)/t20-,24-/m0/s1. The molecule has 1 aliphatic heterocycles. The van der Waals surface area contributed by atoms with Gasteiger partial charge in [0.1, 0.15) is 6.04 Å². The van der Waals surface area contributed by atoms with E-state index in [1.54, 1.807) is 12.1 Å². The minimum absolute atomic E-state index is 0.0118. The topological polar surface area (TPSA) is 78.5 Å². The summed E-state index contributed by atoms with van der Waals surface area (Å²) in [6.07, 6.45) is 2.13. The summed E-state index contributed by atoms with van der Waals surface area (Å²) in [5.41, 5.74) is 3.40. The maximum atomic E-state index is 13.1. The summed E-state index contributed by atoms with van der Waals surface area (Å²) in [7, 11) is 0. The van der Waals surface area contributed by atoms with E-state index in [1.165, 1.54) is 0 Å². The number of rotatable bonds is 7. The summed E-state index contributed by atoms with van der Waals surface area (Å²) >= 11 is 0. The average molecular weight is 450 g/mol. The van der Waals surface area contributed by atoms with Gasteiger partial charge in [-0.15, -0.1) is 0 Å². The molecule has 0 bridgehead atoms. The highest BCUT2D eigenvalue weighted by Crippen LogP contribution is 2.23. The van der Waals surface area contributed by atoms with Crippen molar-refractivity contribution in [2.75, 3.05) is 13.1 Å². The highest BCUT2D eigenvalue weighted by molar-refractivity contribution is 5.98. The number of hydrogen-bond donors (Lipinski definition) is 2. The summed E-state index contributed by atoms with van der Waals surface area (Å²) in [6.45, 7) is 9.06. The second-order valence-electron chi connectivity index (χ2n) is 9.13. The van der Waals surface area contributed by atoms with Gasteiger partial charge in [0.15, 0.2) is 0 Å². The fraction of sp³-hybridized carbons (Fsp3) is 0.444. The molecule has 33 heavy (non-hydrogen) atoms. The van der Waals surface area contributed by atoms with Crippen molar-refractivity contribution < 1.29 is 14.4 Å². The lowest BCUT2D eigenvalue weighted by molar-refractivity contribution is -0.125. The van der Waals surface area contributed by atoms with Gasteiger partial charge in [0, 0.05) is 30.3 Å². The van der Waals surface area contributed by atoms with E-state index in [0.717, 1.165) is 17.5 Å². The maximum Gasteiger partial charge on any atom is 0.253 e. The lowest BCUT2D eigenvalue weighted by Crippen LogP contribution is -2.55. The van der Waals surface area contributed by atoms with Gasteiger partial charge in [0.05, 0.1) is 0 Å². The van der Waals surface area contributed by atoms with Crippen molar-refractivity contribution in [2.45, 2.75) is 59.0 Å². The molecule has 1 aliphatic rings. The third-order valence-corrected chi connectivity index (χ3v) is 6.48. The minimum atomic E-state index is -0.635. The quantitative estimate of drug-likeness (QED) is 0.674. The second kappa shape index (κ2) is 11.1. The summed E-state index contributed by atoms with van der Waals surface area (Å²) in [4.78, 5) is 40.7. The molecule has 6 heteroatoms. The van der Waals surface area contributed by atoms with Crippen LogP contribution in [0.15, 0.2) is 48.5 Å². The van der Waals surface area contributed by atoms with E-state index in [2.05, 4.69) is 10.6 Å². The number of carbonyl (C=O) groups is 3. The SMILES string of the molecule is CC[C@H](C)NC(=O)[C@@H](NC(=O)c1ccc(C)cc1)C1CCN(C(=O)c2ccc(C)cc2)CC1. The first kappa shape index (κ1) is 24.5. The molecule has 2 N–H and O–H groups in total. The zero-order valence-corrected chi connectivity index (χ0v) is 20.1. The van der Waals surface area contributed by atoms with Crippen LogP contribution in [0, 0.1) is 19.8 Å². The van der Waals surface area contributed by atoms with E-state index in [4.69, 9.17) is 0 Å². The van der Waals surface area contributed by atoms with Gasteiger partial charge < -0.3 is 15.5 Å². The Hall–Kier alpha value is -3.15. The molecule has 3 amide bonds. The van der Waals surface area contributed by atoms with Crippen LogP contribution in [0.2, 0.25) is 0 Å². The first-order chi connectivity index (χ1) is 15.8. The fourth-order valence-electron chi connectivity index (χ4n) is 4.08. The number of carbonyl (C=O) groups excluding carboxylic acids is 3. The van der Waals surface area contributed by atoms with Gasteiger partial charge in [-0.05, 0) is 70.2 Å². The van der Waals surface area contributed by atoms with Gasteiger partial charge in [-0.2, -0.15) is 0 Å². The maximum absolute atomic E-state index is 13.1. The lowest BCUT2D eigenvalue weighted by Gasteiger charge is -2.36. The van der Waals surface area contributed by atoms with E-state index >= 15 is 0 Å². The predicted octanol–water partition coefficient (Wildman–Crippen LogP) is 3.87. The Labute approximate surface area is 196 Å². The van der Waals surface area contributed by atoms with Crippen molar-refractivity contribution in [3.05, 3.63) is 70.8 Å². The van der Waals surface area contributed by atoms with Crippen molar-refractivity contribution in [3.63, 3.8) is 0 Å². The van der Waals surface area contributed by atoms with Gasteiger partial charge >= 0.3 is 0 Å². The Kier molecular flexibility index (Phi) is 8.26. The Morgan fingerprint density at radius 2 is 1.39 bits per heavy atom. The first-order valence-corrected chi connectivity index (χ1v) is 11.8. The number of aryl methyl sites for hydroxylation is 2. The summed E-state index contributed by atoms with van der Waals surface area (Å²) in [5.74, 6) is -0.436. The van der Waals surface area contributed by atoms with Gasteiger partial charge in [-0.25, -0.2) is 0 Å². The largest absolute Gasteiger partial charge is 0.352 e. The van der Waals surface area contributed by atoms with Gasteiger partial charge in [-0.1, -0.05) is 42.3 Å². The molecule has 0 saturated carbocycles. The molecule has 176 valence electrons. The van der Waals surface area contributed by atoms with E-state index < -0.39 is 6.04 Å². The van der Waals surface area contributed by atoms with Crippen LogP contribution in [0.3, 0.4) is 0 Å². The fourth-order valence-corrected chi connectivity index (χ4v) is 4.08. The van der Waals surface area contributed by atoms with Crippen molar-refractivity contribution in [2.24, 2.45) is 5.92 Å². The predicted molar refractivity (Wildman–Crippen MR) is 130 cm³/mol. The third-order valence-electron chi connectivity index (χ3n) is 6.48. The lowest BCUT2D eigenvalue weighted by atomic mass is 9.88. The van der Waals surface area contributed by atoms with Gasteiger partial charge in [0.25, 0.3) is 11.8 Å². The molecule has 1 fully saturated rings. The summed E-state index contributed by atoms with van der Waals surface area (Å²) in [6, 6.07) is 14.3. The van der Waals surface area contributed by atoms with E-state index in [0.29, 0.717) is 37.1 Å². The molecule has 0 aromatic heterocycles. The molecule has 0 radical (unpaired) electrons. The highest BCUT2D eigenvalue weighted by Gasteiger charge is 2.34. The molecule has 6 nitrogen and oxygen atoms in total. The molecule has 0 spiro atoms. The molecule has 2 aromatic rings. The van der Waals surface area contributed by atoms with Crippen LogP contribution in [0.1, 0.15) is 65.0 Å². The number of piperidine rings is 1. The molecule has 1 saturated heterocycles. The van der Waals surface area contributed by atoms with Gasteiger partial charge in [0.2, 0.25) is 5.91 Å². The molecule has 0 aliphatic carbocycles. The van der Waals surface area contributed by atoms with Crippen molar-refractivity contribution >= 4 is 17.7 Å². The molecular weight excluding hydrogens is 414 g/mol. The second-order valence-corrected chi connectivity index (χ2v) is 9.13. The molecule has 0 unspecified atom stereocenters. The van der Waals surface area contributed by atoms with E-state index in [-0.39, 0.29) is 29.7 Å². The van der Waals surface area contributed by atoms with Crippen LogP contribution >= 0.6 is 0 Å². The molecule has 2 atom stereocenters. The normalized spacial score (nSPS) is 16.1. The Balaban J connectivity index is 1.69. The summed E-state index contributed by atoms with van der Waals surface area (Å²) in [5, 5.41) is 6.00. The highest BCUT2D eigenvalue weighted by atomic mass is 16.2. The van der Waals surface area contributed by atoms with Crippen LogP contribution in [-0.2, 0) is 4.79 Å². The number of likely N-dealkylation sites (tertiary alicyclic amines) is 1. The van der Waals surface area contributed by atoms with Crippen molar-refractivity contribution in [1.82, 2.24) is 15.5 Å². The zero-order chi connectivity index (χ0) is 24.0. The first-order valence-electron chi connectivity index (χ1n) is 11.8. The number of hydrogen-bond acceptors (Lipinski definition) is 3. The number of nitrogens with one attached hydrogen (secondary N) is 2. The van der Waals surface area contributed by atoms with Crippen LogP contribution in [0.5, 0.6) is 0 Å². The van der Waals surface area contributed by atoms with E-state index in [1.807, 2.05) is 69.0 Å². The monoisotopic (exact) mass is 449 g/mol. The molecule has 1 heterocycles. The van der Waals surface area contributed by atoms with Crippen LogP contribution < -0.4 is 10.6 Å². The summed E-state index contributed by atoms with van der Waals surface area (Å²) < 4.78 is 0. The van der Waals surface area contributed by atoms with Crippen LogP contribution in [0.4, 0.5) is 0 Å². The van der Waals surface area contributed by atoms with Crippen molar-refractivity contribution in [1.29, 1.82) is 0 Å². The van der Waals surface area contributed by atoms with Crippen LogP contribution in [-0.4, -0.2) is 47.8 Å². The average Bonchev–Trinajstić information content (AvgIpc) is 2.82.